The predicted molar refractivity (Wildman–Crippen MR) is 97.2 cm³/mol. The summed E-state index contributed by atoms with van der Waals surface area (Å²) in [5.41, 5.74) is -0.243. The molecule has 2 rings (SSSR count). The monoisotopic (exact) mass is 405 g/mol. The van der Waals surface area contributed by atoms with Crippen molar-refractivity contribution in [3.63, 3.8) is 0 Å². The average molecular weight is 405 g/mol. The summed E-state index contributed by atoms with van der Waals surface area (Å²) in [4.78, 5) is 11.2. The molecule has 152 valence electrons. The summed E-state index contributed by atoms with van der Waals surface area (Å²) >= 11 is -1.80. The van der Waals surface area contributed by atoms with Crippen LogP contribution < -0.4 is 9.46 Å². The van der Waals surface area contributed by atoms with Crippen LogP contribution in [0.5, 0.6) is 5.75 Å². The maximum Gasteiger partial charge on any atom is 0.340 e. The van der Waals surface area contributed by atoms with E-state index in [2.05, 4.69) is 4.72 Å². The Morgan fingerprint density at radius 1 is 1.41 bits per heavy atom. The van der Waals surface area contributed by atoms with Gasteiger partial charge in [-0.15, -0.1) is 4.72 Å². The lowest BCUT2D eigenvalue weighted by Crippen LogP contribution is -2.45. The Kier molecular flexibility index (Phi) is 7.44. The number of carbonyl (C=O) groups is 1. The molecule has 2 unspecified atom stereocenters. The fourth-order valence-electron chi connectivity index (χ4n) is 2.54. The second-order valence-electron chi connectivity index (χ2n) is 7.33. The highest BCUT2D eigenvalue weighted by atomic mass is 32.2. The second kappa shape index (κ2) is 9.18. The molecule has 0 aliphatic carbocycles. The van der Waals surface area contributed by atoms with Crippen LogP contribution in [0.15, 0.2) is 18.2 Å². The van der Waals surface area contributed by atoms with Crippen molar-refractivity contribution in [3.8, 4) is 5.75 Å². The van der Waals surface area contributed by atoms with Gasteiger partial charge >= 0.3 is 5.97 Å². The second-order valence-corrected chi connectivity index (χ2v) is 9.33. The Labute approximate surface area is 160 Å². The molecule has 9 heteroatoms. The molecule has 0 spiro atoms. The van der Waals surface area contributed by atoms with E-state index < -0.39 is 40.1 Å². The van der Waals surface area contributed by atoms with Crippen LogP contribution in [0.3, 0.4) is 0 Å². The van der Waals surface area contributed by atoms with Crippen LogP contribution in [0.2, 0.25) is 0 Å². The normalized spacial score (nSPS) is 19.3. The fourth-order valence-corrected chi connectivity index (χ4v) is 3.37. The molecule has 27 heavy (non-hydrogen) atoms. The van der Waals surface area contributed by atoms with Gasteiger partial charge in [-0.2, -0.15) is 0 Å². The van der Waals surface area contributed by atoms with Crippen molar-refractivity contribution in [2.45, 2.75) is 56.7 Å². The molecule has 1 heterocycles. The fraction of sp³-hybridized carbons (Fsp3) is 0.611. The summed E-state index contributed by atoms with van der Waals surface area (Å²) in [6, 6.07) is 2.13. The third-order valence-corrected chi connectivity index (χ3v) is 5.67. The summed E-state index contributed by atoms with van der Waals surface area (Å²) in [6.45, 7) is 6.03. The number of benzene rings is 1. The van der Waals surface area contributed by atoms with E-state index >= 15 is 0 Å². The van der Waals surface area contributed by atoms with Gasteiger partial charge in [0.15, 0.2) is 0 Å². The molecule has 0 aromatic heterocycles. The van der Waals surface area contributed by atoms with Gasteiger partial charge in [0.25, 0.3) is 0 Å². The predicted octanol–water partition coefficient (Wildman–Crippen LogP) is 2.90. The first-order chi connectivity index (χ1) is 12.6. The molecule has 1 aromatic rings. The van der Waals surface area contributed by atoms with Crippen LogP contribution in [-0.2, 0) is 20.9 Å². The van der Waals surface area contributed by atoms with Gasteiger partial charge in [-0.3, -0.25) is 0 Å². The Bertz CT molecular complexity index is 649. The van der Waals surface area contributed by atoms with Crippen LogP contribution in [0.4, 0.5) is 8.78 Å². The van der Waals surface area contributed by atoms with E-state index in [0.29, 0.717) is 31.8 Å². The molecule has 1 saturated heterocycles. The molecular formula is C18H25F2NO5S. The first kappa shape index (κ1) is 21.9. The zero-order chi connectivity index (χ0) is 20.2. The summed E-state index contributed by atoms with van der Waals surface area (Å²) in [6.07, 6.45) is -1.26. The van der Waals surface area contributed by atoms with Crippen LogP contribution in [0.1, 0.15) is 45.2 Å². The quantitative estimate of drug-likeness (QED) is 0.678. The Morgan fingerprint density at radius 2 is 2.04 bits per heavy atom. The number of halogens is 2. The molecule has 2 N–H and O–H groups in total. The minimum atomic E-state index is -2.48. The van der Waals surface area contributed by atoms with Gasteiger partial charge in [-0.05, 0) is 39.0 Å². The third kappa shape index (κ3) is 6.03. The lowest BCUT2D eigenvalue weighted by atomic mass is 10.0. The number of hydrogen-bond acceptors (Lipinski definition) is 5. The van der Waals surface area contributed by atoms with Crippen molar-refractivity contribution >= 4 is 17.3 Å². The maximum absolute atomic E-state index is 14.4. The molecule has 1 aliphatic heterocycles. The van der Waals surface area contributed by atoms with Crippen molar-refractivity contribution < 1.29 is 32.7 Å². The van der Waals surface area contributed by atoms with E-state index in [4.69, 9.17) is 14.6 Å². The molecule has 6 nitrogen and oxygen atoms in total. The molecule has 1 aromatic carbocycles. The van der Waals surface area contributed by atoms with Crippen molar-refractivity contribution in [2.75, 3.05) is 13.2 Å². The van der Waals surface area contributed by atoms with Gasteiger partial charge in [-0.1, -0.05) is 0 Å². The van der Waals surface area contributed by atoms with E-state index in [1.807, 2.05) is 0 Å². The number of ether oxygens (including phenoxy) is 2. The smallest absolute Gasteiger partial charge is 0.340 e. The van der Waals surface area contributed by atoms with Crippen LogP contribution in [-0.4, -0.2) is 45.9 Å². The molecule has 3 atom stereocenters. The first-order valence-electron chi connectivity index (χ1n) is 8.68. The number of alkyl halides is 1. The van der Waals surface area contributed by atoms with E-state index in [0.717, 1.165) is 6.07 Å². The van der Waals surface area contributed by atoms with Gasteiger partial charge in [0.1, 0.15) is 28.5 Å². The lowest BCUT2D eigenvalue weighted by molar-refractivity contribution is -0.143. The van der Waals surface area contributed by atoms with Crippen molar-refractivity contribution in [2.24, 2.45) is 0 Å². The van der Waals surface area contributed by atoms with Crippen LogP contribution in [0, 0.1) is 5.82 Å². The minimum absolute atomic E-state index is 0.118. The molecule has 0 bridgehead atoms. The molecule has 0 radical (unpaired) electrons. The van der Waals surface area contributed by atoms with Gasteiger partial charge in [0.05, 0.1) is 13.2 Å². The average Bonchev–Trinajstić information content (AvgIpc) is 2.60. The first-order valence-corrected chi connectivity index (χ1v) is 9.83. The lowest BCUT2D eigenvalue weighted by Gasteiger charge is -2.29. The van der Waals surface area contributed by atoms with Crippen molar-refractivity contribution in [3.05, 3.63) is 29.6 Å². The van der Waals surface area contributed by atoms with Gasteiger partial charge < -0.3 is 19.1 Å². The van der Waals surface area contributed by atoms with E-state index in [1.54, 1.807) is 20.8 Å². The zero-order valence-electron chi connectivity index (χ0n) is 15.5. The molecule has 0 saturated carbocycles. The number of rotatable bonds is 7. The zero-order valence-corrected chi connectivity index (χ0v) is 16.4. The van der Waals surface area contributed by atoms with Gasteiger partial charge in [-0.25, -0.2) is 13.6 Å². The molecule has 1 aliphatic rings. The highest BCUT2D eigenvalue weighted by Crippen LogP contribution is 2.30. The highest BCUT2D eigenvalue weighted by molar-refractivity contribution is 7.90. The maximum atomic E-state index is 14.4. The minimum Gasteiger partial charge on any atom is -0.598 e. The molecular weight excluding hydrogens is 380 g/mol. The largest absolute Gasteiger partial charge is 0.598 e. The molecule has 1 fully saturated rings. The highest BCUT2D eigenvalue weighted by Gasteiger charge is 2.38. The Balaban J connectivity index is 2.29. The topological polar surface area (TPSA) is 90.9 Å². The summed E-state index contributed by atoms with van der Waals surface area (Å²) in [5, 5.41) is 9.07. The molecule has 0 amide bonds. The number of nitrogens with one attached hydrogen (secondary N) is 1. The van der Waals surface area contributed by atoms with Gasteiger partial charge in [0, 0.05) is 29.8 Å². The van der Waals surface area contributed by atoms with Crippen LogP contribution >= 0.6 is 0 Å². The number of carboxylic acid groups (broad SMARTS) is 1. The Hall–Kier alpha value is -1.42. The van der Waals surface area contributed by atoms with E-state index in [1.165, 1.54) is 12.1 Å². The number of hydrogen-bond donors (Lipinski definition) is 2. The summed E-state index contributed by atoms with van der Waals surface area (Å²) < 4.78 is 53.8. The third-order valence-electron chi connectivity index (χ3n) is 4.09. The van der Waals surface area contributed by atoms with E-state index in [9.17, 15) is 18.1 Å². The SMILES string of the molecule is CC(C)(C)[S@@+]([O-])NC(c1cc(OC2CCOCC2)ccc1F)C(F)C(=O)O. The van der Waals surface area contributed by atoms with E-state index in [-0.39, 0.29) is 11.7 Å². The standard InChI is InChI=1S/C18H25F2NO5S/c1-18(2,3)27(24)21-16(15(20)17(22)23)13-10-12(4-5-14(13)19)26-11-6-8-25-9-7-11/h4-5,10-11,15-16,21H,6-9H2,1-3H3,(H,22,23)/t15?,16?,27-/m1/s1. The summed E-state index contributed by atoms with van der Waals surface area (Å²) in [7, 11) is 0. The Morgan fingerprint density at radius 3 is 2.59 bits per heavy atom. The number of carboxylic acids is 1. The van der Waals surface area contributed by atoms with Crippen molar-refractivity contribution in [1.29, 1.82) is 0 Å². The number of aliphatic carboxylic acids is 1. The van der Waals surface area contributed by atoms with Gasteiger partial charge in [0.2, 0.25) is 6.17 Å². The summed E-state index contributed by atoms with van der Waals surface area (Å²) in [5.74, 6) is -2.28. The van der Waals surface area contributed by atoms with Crippen LogP contribution in [0.25, 0.3) is 0 Å². The van der Waals surface area contributed by atoms with Crippen molar-refractivity contribution in [1.82, 2.24) is 4.72 Å².